The zero-order valence-electron chi connectivity index (χ0n) is 41.6. The molecule has 0 aliphatic heterocycles. The van der Waals surface area contributed by atoms with Gasteiger partial charge >= 0.3 is 5.97 Å². The second-order valence-electron chi connectivity index (χ2n) is 21.9. The Bertz CT molecular complexity index is 2000. The van der Waals surface area contributed by atoms with Gasteiger partial charge in [0, 0.05) is 19.4 Å². The molecule has 3 rings (SSSR count). The van der Waals surface area contributed by atoms with Gasteiger partial charge in [0.1, 0.15) is 12.1 Å². The van der Waals surface area contributed by atoms with E-state index in [0.717, 1.165) is 16.7 Å². The number of primary amides is 1. The van der Waals surface area contributed by atoms with E-state index < -0.39 is 59.3 Å². The maximum atomic E-state index is 13.0. The Balaban J connectivity index is 0.000000635. The van der Waals surface area contributed by atoms with Crippen LogP contribution < -0.4 is 37.4 Å². The number of amides is 5. The van der Waals surface area contributed by atoms with Crippen LogP contribution in [-0.2, 0) is 48.0 Å². The molecular weight excluding hydrogens is 851 g/mol. The summed E-state index contributed by atoms with van der Waals surface area (Å²) in [6, 6.07) is 24.0. The van der Waals surface area contributed by atoms with Gasteiger partial charge < -0.3 is 32.1 Å². The smallest absolute Gasteiger partial charge is 0.307 e. The minimum atomic E-state index is -1.35. The summed E-state index contributed by atoms with van der Waals surface area (Å²) < 4.78 is 0. The summed E-state index contributed by atoms with van der Waals surface area (Å²) in [5.74, 6) is -3.30. The molecule has 65 heavy (non-hydrogen) atoms. The maximum absolute atomic E-state index is 13.0. The summed E-state index contributed by atoms with van der Waals surface area (Å²) in [6.45, 7) is 31.1. The highest BCUT2D eigenvalue weighted by Gasteiger charge is 2.39. The third-order valence-electron chi connectivity index (χ3n) is 11.1. The van der Waals surface area contributed by atoms with Crippen molar-refractivity contribution in [1.29, 1.82) is 0 Å². The van der Waals surface area contributed by atoms with Crippen LogP contribution in [0.25, 0.3) is 0 Å². The lowest BCUT2D eigenvalue weighted by Crippen LogP contribution is -2.51. The van der Waals surface area contributed by atoms with Gasteiger partial charge in [0.25, 0.3) is 0 Å². The van der Waals surface area contributed by atoms with Gasteiger partial charge in [-0.05, 0) is 42.8 Å². The summed E-state index contributed by atoms with van der Waals surface area (Å²) in [5, 5.41) is 23.3. The molecule has 0 fully saturated rings. The molecule has 2 atom stereocenters. The number of hydrogen-bond donors (Lipinski definition) is 6. The number of nitrogens with one attached hydrogen (secondary N) is 4. The molecule has 0 saturated heterocycles. The standard InChI is InChI=1S/C35H53N5O5Si.C16H26O2Si/c1-23(2)31(40-30(43)21-25-14-16-26(17-15-25)46(34(3,4)5)35(6,7)8)33(45)37-19-18-29(42)39-27(32(44)38-22-28(36)41)20-24-12-10-9-11-13-24;1-15(2,3)19(16(4,5)6)13-9-7-12(8-10-13)11-14(17)18/h9-17,23,27,31,46H,18-22H2,1-8H3,(H2,36,41)(H,37,45)(H,38,44)(H,39,42)(H,40,43);7-10,19H,11H2,1-6H3,(H,17,18)/t27-,31-;/m0./s1. The number of carboxylic acids is 1. The maximum Gasteiger partial charge on any atom is 0.307 e. The van der Waals surface area contributed by atoms with Gasteiger partial charge in [0.15, 0.2) is 0 Å². The fourth-order valence-corrected chi connectivity index (χ4v) is 19.8. The number of nitrogens with two attached hydrogens (primary N) is 1. The lowest BCUT2D eigenvalue weighted by molar-refractivity contribution is -0.136. The van der Waals surface area contributed by atoms with E-state index in [-0.39, 0.29) is 60.7 Å². The summed E-state index contributed by atoms with van der Waals surface area (Å²) in [4.78, 5) is 73.2. The van der Waals surface area contributed by atoms with E-state index in [0.29, 0.717) is 10.1 Å². The third-order valence-corrected chi connectivity index (χ3v) is 20.1. The molecule has 0 radical (unpaired) electrons. The first-order chi connectivity index (χ1) is 29.9. The van der Waals surface area contributed by atoms with Crippen LogP contribution in [0.15, 0.2) is 78.9 Å². The number of aliphatic carboxylic acids is 1. The van der Waals surface area contributed by atoms with E-state index in [1.165, 1.54) is 10.4 Å². The molecule has 14 heteroatoms. The minimum Gasteiger partial charge on any atom is -0.481 e. The van der Waals surface area contributed by atoms with Crippen LogP contribution in [0.1, 0.15) is 120 Å². The fraction of sp³-hybridized carbons (Fsp3) is 0.529. The Morgan fingerprint density at radius 2 is 1.02 bits per heavy atom. The predicted molar refractivity (Wildman–Crippen MR) is 269 cm³/mol. The number of rotatable bonds is 18. The van der Waals surface area contributed by atoms with Gasteiger partial charge in [-0.25, -0.2) is 0 Å². The van der Waals surface area contributed by atoms with Gasteiger partial charge in [-0.3, -0.25) is 28.8 Å². The zero-order valence-corrected chi connectivity index (χ0v) is 43.9. The Morgan fingerprint density at radius 3 is 1.42 bits per heavy atom. The first-order valence-corrected chi connectivity index (χ1v) is 26.2. The number of benzene rings is 3. The third kappa shape index (κ3) is 19.9. The molecule has 0 aliphatic carbocycles. The molecule has 12 nitrogen and oxygen atoms in total. The van der Waals surface area contributed by atoms with Crippen LogP contribution in [0.5, 0.6) is 0 Å². The van der Waals surface area contributed by atoms with Crippen molar-refractivity contribution >= 4 is 63.5 Å². The number of carbonyl (C=O) groups excluding carboxylic acids is 5. The van der Waals surface area contributed by atoms with Gasteiger partial charge in [0.05, 0.1) is 37.0 Å². The molecule has 0 bridgehead atoms. The summed E-state index contributed by atoms with van der Waals surface area (Å²) in [5.41, 5.74) is 7.72. The molecule has 0 spiro atoms. The number of hydrogen-bond acceptors (Lipinski definition) is 6. The zero-order chi connectivity index (χ0) is 49.5. The Labute approximate surface area is 392 Å². The SMILES string of the molecule is CC(C)(C)[SiH](c1ccc(CC(=O)O)cc1)C(C)(C)C.CC(C)[C@H](NC(=O)Cc1ccc([SiH](C(C)(C)C)C(C)(C)C)cc1)C(=O)NCCC(=O)N[C@@H](Cc1ccccc1)C(=O)NCC(N)=O. The first-order valence-electron chi connectivity index (χ1n) is 22.8. The lowest BCUT2D eigenvalue weighted by Gasteiger charge is -2.40. The number of carboxylic acid groups (broad SMARTS) is 1. The molecule has 0 aromatic heterocycles. The highest BCUT2D eigenvalue weighted by Crippen LogP contribution is 2.42. The average molecular weight is 930 g/mol. The number of carbonyl (C=O) groups is 6. The summed E-state index contributed by atoms with van der Waals surface area (Å²) in [7, 11) is -2.52. The van der Waals surface area contributed by atoms with Crippen LogP contribution in [0.3, 0.4) is 0 Å². The van der Waals surface area contributed by atoms with Crippen molar-refractivity contribution in [2.45, 2.75) is 155 Å². The van der Waals surface area contributed by atoms with Crippen molar-refractivity contribution in [1.82, 2.24) is 21.3 Å². The highest BCUT2D eigenvalue weighted by atomic mass is 28.3. The van der Waals surface area contributed by atoms with Crippen molar-refractivity contribution < 1.29 is 33.9 Å². The van der Waals surface area contributed by atoms with Gasteiger partial charge in [-0.1, -0.05) is 186 Å². The molecule has 3 aromatic rings. The van der Waals surface area contributed by atoms with E-state index in [4.69, 9.17) is 10.8 Å². The average Bonchev–Trinajstić information content (AvgIpc) is 3.15. The predicted octanol–water partition coefficient (Wildman–Crippen LogP) is 5.59. The van der Waals surface area contributed by atoms with E-state index in [2.05, 4.69) is 129 Å². The topological polar surface area (TPSA) is 197 Å². The van der Waals surface area contributed by atoms with Crippen molar-refractivity contribution in [3.05, 3.63) is 95.6 Å². The molecule has 358 valence electrons. The Kier molecular flexibility index (Phi) is 21.1. The van der Waals surface area contributed by atoms with E-state index in [9.17, 15) is 28.8 Å². The second kappa shape index (κ2) is 24.4. The second-order valence-corrected chi connectivity index (χ2v) is 31.9. The monoisotopic (exact) mass is 930 g/mol. The van der Waals surface area contributed by atoms with Crippen LogP contribution in [0.4, 0.5) is 0 Å². The van der Waals surface area contributed by atoms with Crippen molar-refractivity contribution in [2.75, 3.05) is 13.1 Å². The van der Waals surface area contributed by atoms with E-state index in [1.807, 2.05) is 68.4 Å². The molecule has 0 saturated carbocycles. The largest absolute Gasteiger partial charge is 0.481 e. The quantitative estimate of drug-likeness (QED) is 0.0895. The van der Waals surface area contributed by atoms with Crippen molar-refractivity contribution in [2.24, 2.45) is 11.7 Å². The normalized spacial score (nSPS) is 13.0. The Hall–Kier alpha value is -5.09. The molecular formula is C51H79N5O7Si2. The summed E-state index contributed by atoms with van der Waals surface area (Å²) >= 11 is 0. The molecule has 0 aliphatic rings. The highest BCUT2D eigenvalue weighted by molar-refractivity contribution is 6.78. The van der Waals surface area contributed by atoms with Gasteiger partial charge in [-0.2, -0.15) is 0 Å². The Morgan fingerprint density at radius 1 is 0.569 bits per heavy atom. The van der Waals surface area contributed by atoms with Crippen LogP contribution in [0, 0.1) is 5.92 Å². The summed E-state index contributed by atoms with van der Waals surface area (Å²) in [6.07, 6.45) is 0.386. The van der Waals surface area contributed by atoms with Crippen molar-refractivity contribution in [3.63, 3.8) is 0 Å². The van der Waals surface area contributed by atoms with Crippen LogP contribution in [-0.4, -0.2) is 83.4 Å². The first kappa shape index (κ1) is 56.0. The minimum absolute atomic E-state index is 0.0127. The fourth-order valence-electron chi connectivity index (χ4n) is 9.41. The van der Waals surface area contributed by atoms with E-state index in [1.54, 1.807) is 0 Å². The lowest BCUT2D eigenvalue weighted by atomic mass is 10.0. The van der Waals surface area contributed by atoms with E-state index >= 15 is 0 Å². The van der Waals surface area contributed by atoms with Gasteiger partial charge in [0.2, 0.25) is 29.5 Å². The molecule has 3 aromatic carbocycles. The van der Waals surface area contributed by atoms with Crippen LogP contribution in [0.2, 0.25) is 20.2 Å². The molecule has 5 amide bonds. The van der Waals surface area contributed by atoms with Gasteiger partial charge in [-0.15, -0.1) is 0 Å². The molecule has 0 unspecified atom stereocenters. The van der Waals surface area contributed by atoms with Crippen molar-refractivity contribution in [3.8, 4) is 0 Å². The molecule has 7 N–H and O–H groups in total. The molecule has 0 heterocycles. The van der Waals surface area contributed by atoms with Crippen LogP contribution >= 0.6 is 0 Å².